The zero-order valence-corrected chi connectivity index (χ0v) is 5.54. The summed E-state index contributed by atoms with van der Waals surface area (Å²) in [6.45, 7) is 0. The van der Waals surface area contributed by atoms with Crippen LogP contribution >= 0.6 is 7.82 Å². The van der Waals surface area contributed by atoms with Crippen molar-refractivity contribution in [2.75, 3.05) is 0 Å². The van der Waals surface area contributed by atoms with Gasteiger partial charge in [0.2, 0.25) is 0 Å². The molecule has 0 rings (SSSR count). The Kier molecular flexibility index (Phi) is 20.7. The third kappa shape index (κ3) is 23.5. The van der Waals surface area contributed by atoms with E-state index in [1.54, 1.807) is 0 Å². The van der Waals surface area contributed by atoms with Crippen LogP contribution in [0.25, 0.3) is 0 Å². The van der Waals surface area contributed by atoms with Crippen molar-refractivity contribution < 1.29 is 31.3 Å². The summed E-state index contributed by atoms with van der Waals surface area (Å²) in [6, 6.07) is 0. The van der Waals surface area contributed by atoms with Gasteiger partial charge in [0.25, 0.3) is 0 Å². The average Bonchev–Trinajstić information content (AvgIpc) is 1.14. The first-order chi connectivity index (χ1) is 3.71. The molecule has 0 radical (unpaired) electrons. The van der Waals surface area contributed by atoms with Crippen LogP contribution in [0, 0.1) is 0 Å². The van der Waals surface area contributed by atoms with Crippen molar-refractivity contribution in [3.63, 3.8) is 0 Å². The van der Waals surface area contributed by atoms with Gasteiger partial charge in [-0.2, -0.15) is 8.42 Å². The molecule has 0 aromatic carbocycles. The van der Waals surface area contributed by atoms with Crippen molar-refractivity contribution in [3.05, 3.63) is 0 Å². The van der Waals surface area contributed by atoms with E-state index in [0.717, 1.165) is 0 Å². The zero-order valence-electron chi connectivity index (χ0n) is 3.83. The number of rotatable bonds is 2. The molecule has 12 heavy (non-hydrogen) atoms. The number of phosphoric acid groups is 1. The minimum atomic E-state index is -5.13. The minimum absolute atomic E-state index is 0. The van der Waals surface area contributed by atoms with E-state index >= 15 is 0 Å². The summed E-state index contributed by atoms with van der Waals surface area (Å²) in [7, 11) is -10.2. The molecular formula is H9Ca3O7PS. The molecule has 0 aromatic rings. The van der Waals surface area contributed by atoms with Crippen LogP contribution in [0.3, 0.4) is 0 Å². The van der Waals surface area contributed by atoms with Crippen LogP contribution in [-0.2, 0) is 18.9 Å². The predicted molar refractivity (Wildman–Crippen MR) is 50.3 cm³/mol. The van der Waals surface area contributed by atoms with E-state index in [4.69, 9.17) is 14.3 Å². The fourth-order valence-electron chi connectivity index (χ4n) is 0.123. The summed E-state index contributed by atoms with van der Waals surface area (Å²) in [5, 5.41) is 0. The van der Waals surface area contributed by atoms with Gasteiger partial charge in [-0.1, -0.05) is 0 Å². The van der Waals surface area contributed by atoms with Crippen LogP contribution < -0.4 is 0 Å². The fourth-order valence-corrected chi connectivity index (χ4v) is 1.10. The van der Waals surface area contributed by atoms with Crippen molar-refractivity contribution in [1.82, 2.24) is 0 Å². The Hall–Kier alpha value is 3.80. The van der Waals surface area contributed by atoms with Crippen LogP contribution in [0.15, 0.2) is 0 Å². The topological polar surface area (TPSA) is 121 Å². The Morgan fingerprint density at radius 1 is 1.08 bits per heavy atom. The molecule has 0 atom stereocenters. The molecule has 3 N–H and O–H groups in total. The van der Waals surface area contributed by atoms with Gasteiger partial charge in [0.1, 0.15) is 0 Å². The van der Waals surface area contributed by atoms with Crippen LogP contribution in [0.1, 0.15) is 0 Å². The molecule has 0 spiro atoms. The van der Waals surface area contributed by atoms with Crippen molar-refractivity contribution in [2.24, 2.45) is 0 Å². The first-order valence-electron chi connectivity index (χ1n) is 1.45. The SMILES string of the molecule is O=P(O)(O)OS(=O)(=O)O.[CaH2].[CaH2].[CaH2]. The van der Waals surface area contributed by atoms with Gasteiger partial charge in [-0.3, -0.25) is 4.55 Å². The van der Waals surface area contributed by atoms with Gasteiger partial charge >= 0.3 is 131 Å². The normalized spacial score (nSPS) is 10.2. The Balaban J connectivity index is -0.000000107. The van der Waals surface area contributed by atoms with Crippen molar-refractivity contribution >= 4 is 131 Å². The summed E-state index contributed by atoms with van der Waals surface area (Å²) in [4.78, 5) is 15.4. The molecule has 0 saturated heterocycles. The standard InChI is InChI=1S/3Ca.H3O7PS.6H/c;;;1-8(2,3)7-9(4,5)6;;;;;;/h;;;(H2,1,2,3)(H,4,5,6);;;;;;. The molecule has 0 unspecified atom stereocenters. The Morgan fingerprint density at radius 3 is 1.33 bits per heavy atom. The summed E-state index contributed by atoms with van der Waals surface area (Å²) >= 11 is 0. The molecule has 68 valence electrons. The second kappa shape index (κ2) is 9.99. The van der Waals surface area contributed by atoms with Crippen molar-refractivity contribution in [2.45, 2.75) is 0 Å². The molecule has 0 aliphatic rings. The number of hydrogen-bond donors (Lipinski definition) is 3. The first-order valence-corrected chi connectivity index (χ1v) is 4.34. The second-order valence-electron chi connectivity index (χ2n) is 0.993. The van der Waals surface area contributed by atoms with Gasteiger partial charge < -0.3 is 9.79 Å². The van der Waals surface area contributed by atoms with E-state index in [1.807, 2.05) is 0 Å². The van der Waals surface area contributed by atoms with Gasteiger partial charge in [0.15, 0.2) is 0 Å². The first kappa shape index (κ1) is 24.9. The molecule has 7 nitrogen and oxygen atoms in total. The molecule has 0 saturated carbocycles. The summed E-state index contributed by atoms with van der Waals surface area (Å²) in [5.74, 6) is 0. The molecular weight excluding hydrogens is 295 g/mol. The molecule has 0 amide bonds. The van der Waals surface area contributed by atoms with Crippen LogP contribution in [0.4, 0.5) is 0 Å². The second-order valence-corrected chi connectivity index (χ2v) is 3.43. The molecule has 0 bridgehead atoms. The third-order valence-electron chi connectivity index (χ3n) is 0.191. The fraction of sp³-hybridized carbons (Fsp3) is 0. The summed E-state index contributed by atoms with van der Waals surface area (Å²) < 4.78 is 39.0. The van der Waals surface area contributed by atoms with E-state index in [1.165, 1.54) is 0 Å². The quantitative estimate of drug-likeness (QED) is 0.271. The number of hydrogen-bond acceptors (Lipinski definition) is 4. The van der Waals surface area contributed by atoms with Gasteiger partial charge in [0.05, 0.1) is 0 Å². The molecule has 0 fully saturated rings. The summed E-state index contributed by atoms with van der Waals surface area (Å²) in [6.07, 6.45) is 0. The van der Waals surface area contributed by atoms with Gasteiger partial charge in [-0.05, 0) is 0 Å². The average molecular weight is 304 g/mol. The zero-order chi connectivity index (χ0) is 7.71. The Labute approximate surface area is 159 Å². The molecule has 0 aromatic heterocycles. The van der Waals surface area contributed by atoms with Gasteiger partial charge in [-0.15, -0.1) is 3.97 Å². The van der Waals surface area contributed by atoms with E-state index in [9.17, 15) is 13.0 Å². The monoisotopic (exact) mass is 304 g/mol. The predicted octanol–water partition coefficient (Wildman–Crippen LogP) is -3.85. The molecule has 0 heterocycles. The van der Waals surface area contributed by atoms with Gasteiger partial charge in [0, 0.05) is 0 Å². The Bertz CT molecular complexity index is 225. The van der Waals surface area contributed by atoms with E-state index in [0.29, 0.717) is 0 Å². The molecule has 0 aliphatic heterocycles. The van der Waals surface area contributed by atoms with Crippen molar-refractivity contribution in [3.8, 4) is 0 Å². The van der Waals surface area contributed by atoms with Crippen LogP contribution in [0.2, 0.25) is 0 Å². The summed E-state index contributed by atoms with van der Waals surface area (Å²) in [5.41, 5.74) is 0. The Morgan fingerprint density at radius 2 is 1.33 bits per heavy atom. The van der Waals surface area contributed by atoms with E-state index < -0.39 is 18.2 Å². The van der Waals surface area contributed by atoms with Gasteiger partial charge in [-0.25, -0.2) is 4.57 Å². The van der Waals surface area contributed by atoms with Crippen molar-refractivity contribution in [1.29, 1.82) is 0 Å². The molecule has 0 aliphatic carbocycles. The maximum absolute atomic E-state index is 9.58. The van der Waals surface area contributed by atoms with E-state index in [-0.39, 0.29) is 113 Å². The van der Waals surface area contributed by atoms with Crippen LogP contribution in [-0.4, -0.2) is 136 Å². The molecule has 12 heteroatoms. The third-order valence-corrected chi connectivity index (χ3v) is 1.72. The van der Waals surface area contributed by atoms with Crippen LogP contribution in [0.5, 0.6) is 0 Å². The maximum atomic E-state index is 9.58. The van der Waals surface area contributed by atoms with E-state index in [2.05, 4.69) is 3.97 Å².